The molecule has 1 aliphatic heterocycles. The third-order valence-corrected chi connectivity index (χ3v) is 4.55. The highest BCUT2D eigenvalue weighted by Gasteiger charge is 2.24. The second kappa shape index (κ2) is 5.99. The molecule has 1 N–H and O–H groups in total. The molecular formula is C13H19N5OS. The van der Waals surface area contributed by atoms with Crippen molar-refractivity contribution in [2.75, 3.05) is 26.2 Å². The molecule has 0 radical (unpaired) electrons. The molecule has 1 aliphatic rings. The molecule has 0 unspecified atom stereocenters. The Morgan fingerprint density at radius 2 is 2.40 bits per heavy atom. The Morgan fingerprint density at radius 3 is 3.10 bits per heavy atom. The lowest BCUT2D eigenvalue weighted by Crippen LogP contribution is -2.39. The number of hydrogen-bond donors (Lipinski definition) is 1. The van der Waals surface area contributed by atoms with E-state index in [1.54, 1.807) is 11.3 Å². The monoisotopic (exact) mass is 293 g/mol. The van der Waals surface area contributed by atoms with E-state index in [1.165, 1.54) is 4.88 Å². The van der Waals surface area contributed by atoms with Gasteiger partial charge < -0.3 is 4.74 Å². The van der Waals surface area contributed by atoms with Gasteiger partial charge in [0.25, 0.3) is 0 Å². The summed E-state index contributed by atoms with van der Waals surface area (Å²) in [6.45, 7) is 7.58. The number of H-pyrrole nitrogens is 1. The van der Waals surface area contributed by atoms with Crippen molar-refractivity contribution in [1.82, 2.24) is 25.1 Å². The van der Waals surface area contributed by atoms with Crippen molar-refractivity contribution < 1.29 is 4.74 Å². The van der Waals surface area contributed by atoms with Crippen LogP contribution in [-0.2, 0) is 11.2 Å². The number of aromatic amines is 1. The number of ether oxygens (including phenoxy) is 1. The Hall–Kier alpha value is -1.31. The van der Waals surface area contributed by atoms with Crippen molar-refractivity contribution in [3.8, 4) is 0 Å². The van der Waals surface area contributed by atoms with E-state index in [-0.39, 0.29) is 6.10 Å². The fourth-order valence-electron chi connectivity index (χ4n) is 2.39. The summed E-state index contributed by atoms with van der Waals surface area (Å²) in [5, 5.41) is 7.08. The van der Waals surface area contributed by atoms with E-state index in [1.807, 2.05) is 12.4 Å². The SMILES string of the molecule is Cc1nc([C@@H]2CN(CCc3scnc3C)CCO2)n[nH]1. The molecule has 20 heavy (non-hydrogen) atoms. The Balaban J connectivity index is 1.57. The van der Waals surface area contributed by atoms with Crippen LogP contribution >= 0.6 is 11.3 Å². The number of nitrogens with zero attached hydrogens (tertiary/aromatic N) is 4. The fourth-order valence-corrected chi connectivity index (χ4v) is 3.16. The summed E-state index contributed by atoms with van der Waals surface area (Å²) in [6, 6.07) is 0. The van der Waals surface area contributed by atoms with E-state index in [0.717, 1.165) is 50.0 Å². The molecule has 7 heteroatoms. The van der Waals surface area contributed by atoms with Crippen molar-refractivity contribution in [3.63, 3.8) is 0 Å². The summed E-state index contributed by atoms with van der Waals surface area (Å²) < 4.78 is 5.77. The van der Waals surface area contributed by atoms with E-state index in [0.29, 0.717) is 0 Å². The molecular weight excluding hydrogens is 274 g/mol. The predicted molar refractivity (Wildman–Crippen MR) is 76.8 cm³/mol. The first kappa shape index (κ1) is 13.7. The van der Waals surface area contributed by atoms with Gasteiger partial charge in [0.05, 0.1) is 17.8 Å². The average molecular weight is 293 g/mol. The molecule has 2 aromatic heterocycles. The number of thiazole rings is 1. The second-order valence-corrected chi connectivity index (χ2v) is 5.99. The van der Waals surface area contributed by atoms with Crippen molar-refractivity contribution in [2.45, 2.75) is 26.4 Å². The average Bonchev–Trinajstić information content (AvgIpc) is 3.06. The van der Waals surface area contributed by atoms with E-state index in [4.69, 9.17) is 4.74 Å². The molecule has 0 aromatic carbocycles. The van der Waals surface area contributed by atoms with Gasteiger partial charge in [-0.05, 0) is 20.3 Å². The number of morpholine rings is 1. The highest BCUT2D eigenvalue weighted by Crippen LogP contribution is 2.20. The molecule has 0 bridgehead atoms. The van der Waals surface area contributed by atoms with Crippen LogP contribution in [0.4, 0.5) is 0 Å². The number of hydrogen-bond acceptors (Lipinski definition) is 6. The van der Waals surface area contributed by atoms with Crippen molar-refractivity contribution in [2.24, 2.45) is 0 Å². The molecule has 0 aliphatic carbocycles. The highest BCUT2D eigenvalue weighted by molar-refractivity contribution is 7.09. The topological polar surface area (TPSA) is 66.9 Å². The molecule has 1 fully saturated rings. The van der Waals surface area contributed by atoms with Crippen LogP contribution in [0.5, 0.6) is 0 Å². The molecule has 108 valence electrons. The van der Waals surface area contributed by atoms with Gasteiger partial charge in [0.15, 0.2) is 5.82 Å². The molecule has 2 aromatic rings. The molecule has 3 heterocycles. The predicted octanol–water partition coefficient (Wildman–Crippen LogP) is 1.49. The highest BCUT2D eigenvalue weighted by atomic mass is 32.1. The molecule has 0 saturated carbocycles. The summed E-state index contributed by atoms with van der Waals surface area (Å²) in [7, 11) is 0. The van der Waals surface area contributed by atoms with Crippen molar-refractivity contribution in [1.29, 1.82) is 0 Å². The summed E-state index contributed by atoms with van der Waals surface area (Å²) in [6.07, 6.45) is 1.03. The van der Waals surface area contributed by atoms with Gasteiger partial charge in [0, 0.05) is 24.5 Å². The second-order valence-electron chi connectivity index (χ2n) is 5.05. The van der Waals surface area contributed by atoms with Gasteiger partial charge in [0.1, 0.15) is 11.9 Å². The first-order valence-corrected chi connectivity index (χ1v) is 7.72. The molecule has 0 spiro atoms. The molecule has 1 saturated heterocycles. The minimum Gasteiger partial charge on any atom is -0.367 e. The van der Waals surface area contributed by atoms with Crippen LogP contribution in [0.3, 0.4) is 0 Å². The van der Waals surface area contributed by atoms with Crippen molar-refractivity contribution in [3.05, 3.63) is 27.7 Å². The van der Waals surface area contributed by atoms with Crippen LogP contribution in [0.2, 0.25) is 0 Å². The minimum absolute atomic E-state index is 0.0174. The normalized spacial score (nSPS) is 20.4. The summed E-state index contributed by atoms with van der Waals surface area (Å²) in [4.78, 5) is 12.5. The van der Waals surface area contributed by atoms with Crippen LogP contribution in [0.1, 0.15) is 28.3 Å². The largest absolute Gasteiger partial charge is 0.367 e. The fraction of sp³-hybridized carbons (Fsp3) is 0.615. The first-order chi connectivity index (χ1) is 9.72. The maximum absolute atomic E-state index is 5.77. The number of aryl methyl sites for hydroxylation is 2. The maximum Gasteiger partial charge on any atom is 0.180 e. The Labute approximate surface area is 122 Å². The van der Waals surface area contributed by atoms with Gasteiger partial charge >= 0.3 is 0 Å². The van der Waals surface area contributed by atoms with E-state index < -0.39 is 0 Å². The zero-order chi connectivity index (χ0) is 13.9. The van der Waals surface area contributed by atoms with Gasteiger partial charge in [-0.15, -0.1) is 11.3 Å². The molecule has 6 nitrogen and oxygen atoms in total. The molecule has 1 atom stereocenters. The summed E-state index contributed by atoms with van der Waals surface area (Å²) in [5.74, 6) is 1.60. The van der Waals surface area contributed by atoms with E-state index >= 15 is 0 Å². The lowest BCUT2D eigenvalue weighted by Gasteiger charge is -2.31. The lowest BCUT2D eigenvalue weighted by molar-refractivity contribution is -0.0337. The van der Waals surface area contributed by atoms with Crippen molar-refractivity contribution >= 4 is 11.3 Å². The third kappa shape index (κ3) is 3.05. The Bertz CT molecular complexity index is 567. The third-order valence-electron chi connectivity index (χ3n) is 3.55. The Morgan fingerprint density at radius 1 is 1.50 bits per heavy atom. The van der Waals surface area contributed by atoms with Gasteiger partial charge in [-0.2, -0.15) is 5.10 Å². The smallest absolute Gasteiger partial charge is 0.180 e. The van der Waals surface area contributed by atoms with Crippen LogP contribution in [0, 0.1) is 13.8 Å². The number of aromatic nitrogens is 4. The van der Waals surface area contributed by atoms with E-state index in [9.17, 15) is 0 Å². The summed E-state index contributed by atoms with van der Waals surface area (Å²) >= 11 is 1.74. The summed E-state index contributed by atoms with van der Waals surface area (Å²) in [5.41, 5.74) is 3.08. The van der Waals surface area contributed by atoms with Gasteiger partial charge in [-0.3, -0.25) is 10.00 Å². The first-order valence-electron chi connectivity index (χ1n) is 6.84. The standard InChI is InChI=1S/C13H19N5OS/c1-9-12(20-8-14-9)3-4-18-5-6-19-11(7-18)13-15-10(2)16-17-13/h8,11H,3-7H2,1-2H3,(H,15,16,17)/t11-/m0/s1. The minimum atomic E-state index is -0.0174. The zero-order valence-corrected chi connectivity index (χ0v) is 12.6. The van der Waals surface area contributed by atoms with Gasteiger partial charge in [0.2, 0.25) is 0 Å². The maximum atomic E-state index is 5.77. The van der Waals surface area contributed by atoms with Crippen LogP contribution in [0.15, 0.2) is 5.51 Å². The number of rotatable bonds is 4. The van der Waals surface area contributed by atoms with Crippen LogP contribution in [-0.4, -0.2) is 51.3 Å². The van der Waals surface area contributed by atoms with Gasteiger partial charge in [-0.25, -0.2) is 9.97 Å². The van der Waals surface area contributed by atoms with Gasteiger partial charge in [-0.1, -0.05) is 0 Å². The van der Waals surface area contributed by atoms with Crippen LogP contribution in [0.25, 0.3) is 0 Å². The molecule has 3 rings (SSSR count). The van der Waals surface area contributed by atoms with E-state index in [2.05, 4.69) is 32.0 Å². The molecule has 0 amide bonds. The van der Waals surface area contributed by atoms with Crippen LogP contribution < -0.4 is 0 Å². The Kier molecular flexibility index (Phi) is 4.09. The number of nitrogens with one attached hydrogen (secondary N) is 1. The zero-order valence-electron chi connectivity index (χ0n) is 11.8. The quantitative estimate of drug-likeness (QED) is 0.925. The lowest BCUT2D eigenvalue weighted by atomic mass is 10.2.